The highest BCUT2D eigenvalue weighted by Crippen LogP contribution is 2.62. The summed E-state index contributed by atoms with van der Waals surface area (Å²) in [4.78, 5) is 0. The highest BCUT2D eigenvalue weighted by Gasteiger charge is 2.49. The fourth-order valence-electron chi connectivity index (χ4n) is 8.05. The van der Waals surface area contributed by atoms with Crippen molar-refractivity contribution in [2.24, 2.45) is 0 Å². The van der Waals surface area contributed by atoms with E-state index in [0.29, 0.717) is 0 Å². The first-order valence-corrected chi connectivity index (χ1v) is 17.4. The van der Waals surface area contributed by atoms with Crippen LogP contribution in [0.1, 0.15) is 49.9 Å². The summed E-state index contributed by atoms with van der Waals surface area (Å²) in [7, 11) is -3.13. The highest BCUT2D eigenvalue weighted by molar-refractivity contribution is 7.85. The summed E-state index contributed by atoms with van der Waals surface area (Å²) in [6, 6.07) is 44.3. The molecule has 0 N–H and O–H groups in total. The molecular formula is C42H33O2P. The van der Waals surface area contributed by atoms with Gasteiger partial charge < -0.3 is 8.98 Å². The standard InChI is InChI=1S/C42H33O2P/c1-41(2)33-22-27(26-19-20-38-32(21-26)31-17-11-12-18-37(31)44-38)23-34-39(33)40-35(41)24-30(25-36(40)42(34,3)4)45(43,28-13-7-5-8-14-28)29-15-9-6-10-16-29/h5-25H,1-4H3. The summed E-state index contributed by atoms with van der Waals surface area (Å²) in [5.41, 5.74) is 11.7. The minimum Gasteiger partial charge on any atom is -0.456 e. The second-order valence-corrected chi connectivity index (χ2v) is 16.5. The van der Waals surface area contributed by atoms with Crippen LogP contribution in [0.3, 0.4) is 0 Å². The van der Waals surface area contributed by atoms with Crippen molar-refractivity contribution < 1.29 is 8.98 Å². The van der Waals surface area contributed by atoms with Gasteiger partial charge in [-0.05, 0) is 87.0 Å². The second-order valence-electron chi connectivity index (χ2n) is 13.7. The number of para-hydroxylation sites is 1. The lowest BCUT2D eigenvalue weighted by atomic mass is 9.74. The summed E-state index contributed by atoms with van der Waals surface area (Å²) in [6.07, 6.45) is 0. The molecule has 0 saturated heterocycles. The van der Waals surface area contributed by atoms with Gasteiger partial charge in [0, 0.05) is 37.5 Å². The van der Waals surface area contributed by atoms with Crippen molar-refractivity contribution in [3.63, 3.8) is 0 Å². The molecule has 3 heteroatoms. The van der Waals surface area contributed by atoms with E-state index < -0.39 is 7.14 Å². The molecule has 0 amide bonds. The van der Waals surface area contributed by atoms with Crippen LogP contribution in [0.25, 0.3) is 44.2 Å². The molecule has 0 spiro atoms. The molecule has 0 radical (unpaired) electrons. The molecule has 9 rings (SSSR count). The quantitative estimate of drug-likeness (QED) is 0.188. The zero-order valence-corrected chi connectivity index (χ0v) is 26.8. The van der Waals surface area contributed by atoms with Crippen LogP contribution < -0.4 is 15.9 Å². The van der Waals surface area contributed by atoms with Crippen LogP contribution in [0.15, 0.2) is 132 Å². The summed E-state index contributed by atoms with van der Waals surface area (Å²) in [5.74, 6) is 0. The Kier molecular flexibility index (Phi) is 5.32. The Labute approximate surface area is 263 Å². The predicted molar refractivity (Wildman–Crippen MR) is 188 cm³/mol. The Morgan fingerprint density at radius 2 is 0.956 bits per heavy atom. The average Bonchev–Trinajstić information content (AvgIpc) is 3.64. The SMILES string of the molecule is CC1(C)c2cc(-c3ccc4oc5ccccc5c4c3)cc3c2-c2c1cc(P(=O)(c1ccccc1)c1ccccc1)cc2C3(C)C. The van der Waals surface area contributed by atoms with Gasteiger partial charge in [0.2, 0.25) is 0 Å². The molecule has 1 heterocycles. The van der Waals surface area contributed by atoms with E-state index in [2.05, 4.69) is 82.3 Å². The van der Waals surface area contributed by atoms with Crippen LogP contribution in [-0.4, -0.2) is 0 Å². The minimum absolute atomic E-state index is 0.249. The monoisotopic (exact) mass is 600 g/mol. The number of hydrogen-bond acceptors (Lipinski definition) is 2. The minimum atomic E-state index is -3.13. The molecule has 2 aliphatic rings. The molecule has 218 valence electrons. The maximum Gasteiger partial charge on any atom is 0.171 e. The van der Waals surface area contributed by atoms with E-state index in [0.717, 1.165) is 37.9 Å². The third-order valence-electron chi connectivity index (χ3n) is 10.5. The molecule has 2 nitrogen and oxygen atoms in total. The highest BCUT2D eigenvalue weighted by atomic mass is 31.2. The van der Waals surface area contributed by atoms with Crippen molar-refractivity contribution in [1.82, 2.24) is 0 Å². The molecule has 0 saturated carbocycles. The molecule has 0 bridgehead atoms. The lowest BCUT2D eigenvalue weighted by molar-refractivity contribution is 0.592. The Morgan fingerprint density at radius 1 is 0.467 bits per heavy atom. The number of rotatable bonds is 4. The van der Waals surface area contributed by atoms with Gasteiger partial charge in [-0.25, -0.2) is 0 Å². The Bertz CT molecular complexity index is 2290. The third kappa shape index (κ3) is 3.49. The first kappa shape index (κ1) is 26.7. The summed E-state index contributed by atoms with van der Waals surface area (Å²) >= 11 is 0. The van der Waals surface area contributed by atoms with Gasteiger partial charge in [0.15, 0.2) is 7.14 Å². The van der Waals surface area contributed by atoms with E-state index in [1.165, 1.54) is 44.5 Å². The van der Waals surface area contributed by atoms with Gasteiger partial charge in [-0.15, -0.1) is 0 Å². The Hall–Kier alpha value is -4.65. The number of hydrogen-bond donors (Lipinski definition) is 0. The molecule has 1 aromatic heterocycles. The van der Waals surface area contributed by atoms with Crippen LogP contribution in [0, 0.1) is 0 Å². The lowest BCUT2D eigenvalue weighted by Gasteiger charge is -2.31. The lowest BCUT2D eigenvalue weighted by Crippen LogP contribution is -2.29. The van der Waals surface area contributed by atoms with Crippen LogP contribution in [0.5, 0.6) is 0 Å². The van der Waals surface area contributed by atoms with Gasteiger partial charge in [0.05, 0.1) is 0 Å². The average molecular weight is 601 g/mol. The van der Waals surface area contributed by atoms with Crippen molar-refractivity contribution in [3.05, 3.63) is 150 Å². The molecule has 0 aliphatic heterocycles. The predicted octanol–water partition coefficient (Wildman–Crippen LogP) is 9.84. The molecule has 2 aliphatic carbocycles. The van der Waals surface area contributed by atoms with Crippen LogP contribution >= 0.6 is 7.14 Å². The van der Waals surface area contributed by atoms with Gasteiger partial charge in [-0.3, -0.25) is 0 Å². The Balaban J connectivity index is 1.27. The Morgan fingerprint density at radius 3 is 1.53 bits per heavy atom. The van der Waals surface area contributed by atoms with Gasteiger partial charge in [-0.2, -0.15) is 0 Å². The summed E-state index contributed by atoms with van der Waals surface area (Å²) < 4.78 is 21.7. The zero-order valence-electron chi connectivity index (χ0n) is 25.9. The molecule has 45 heavy (non-hydrogen) atoms. The maximum absolute atomic E-state index is 15.5. The number of fused-ring (bicyclic) bond motifs is 3. The van der Waals surface area contributed by atoms with E-state index >= 15 is 4.57 Å². The summed E-state index contributed by atoms with van der Waals surface area (Å²) in [6.45, 7) is 9.33. The maximum atomic E-state index is 15.5. The molecular weight excluding hydrogens is 567 g/mol. The van der Waals surface area contributed by atoms with E-state index in [-0.39, 0.29) is 10.8 Å². The van der Waals surface area contributed by atoms with E-state index in [1.54, 1.807) is 0 Å². The first-order chi connectivity index (χ1) is 21.7. The third-order valence-corrected chi connectivity index (χ3v) is 13.6. The van der Waals surface area contributed by atoms with Gasteiger partial charge in [-0.1, -0.05) is 113 Å². The van der Waals surface area contributed by atoms with Crippen molar-refractivity contribution in [2.45, 2.75) is 38.5 Å². The molecule has 0 unspecified atom stereocenters. The van der Waals surface area contributed by atoms with E-state index in [4.69, 9.17) is 4.42 Å². The molecule has 7 aromatic rings. The van der Waals surface area contributed by atoms with Crippen LogP contribution in [0.4, 0.5) is 0 Å². The van der Waals surface area contributed by atoms with Crippen LogP contribution in [0.2, 0.25) is 0 Å². The number of furan rings is 1. The molecule has 6 aromatic carbocycles. The topological polar surface area (TPSA) is 30.2 Å². The normalized spacial score (nSPS) is 15.6. The molecule has 0 atom stereocenters. The largest absolute Gasteiger partial charge is 0.456 e. The van der Waals surface area contributed by atoms with Crippen LogP contribution in [-0.2, 0) is 15.4 Å². The van der Waals surface area contributed by atoms with Gasteiger partial charge in [0.25, 0.3) is 0 Å². The summed E-state index contributed by atoms with van der Waals surface area (Å²) in [5, 5.41) is 4.94. The van der Waals surface area contributed by atoms with Crippen molar-refractivity contribution in [3.8, 4) is 22.3 Å². The second kappa shape index (κ2) is 8.96. The van der Waals surface area contributed by atoms with Gasteiger partial charge in [0.1, 0.15) is 11.2 Å². The van der Waals surface area contributed by atoms with Gasteiger partial charge >= 0.3 is 0 Å². The molecule has 0 fully saturated rings. The van der Waals surface area contributed by atoms with Crippen molar-refractivity contribution in [1.29, 1.82) is 0 Å². The smallest absolute Gasteiger partial charge is 0.171 e. The van der Waals surface area contributed by atoms with Crippen molar-refractivity contribution in [2.75, 3.05) is 0 Å². The number of benzene rings is 6. The fourth-order valence-corrected chi connectivity index (χ4v) is 10.7. The fraction of sp³-hybridized carbons (Fsp3) is 0.143. The first-order valence-electron chi connectivity index (χ1n) is 15.7. The van der Waals surface area contributed by atoms with Crippen molar-refractivity contribution >= 4 is 45.0 Å². The zero-order chi connectivity index (χ0) is 30.7. The van der Waals surface area contributed by atoms with E-state index in [1.807, 2.05) is 72.8 Å². The van der Waals surface area contributed by atoms with E-state index in [9.17, 15) is 0 Å².